The fourth-order valence-electron chi connectivity index (χ4n) is 1.69. The van der Waals surface area contributed by atoms with Crippen molar-refractivity contribution < 1.29 is 0 Å². The van der Waals surface area contributed by atoms with E-state index >= 15 is 0 Å². The number of halogens is 4. The summed E-state index contributed by atoms with van der Waals surface area (Å²) >= 11 is 19.2. The average molecular weight is 409 g/mol. The van der Waals surface area contributed by atoms with Gasteiger partial charge in [0.05, 0.1) is 14.9 Å². The van der Waals surface area contributed by atoms with Crippen molar-refractivity contribution >= 4 is 55.1 Å². The Labute approximate surface area is 134 Å². The molecule has 0 heterocycles. The molecule has 0 aliphatic heterocycles. The maximum atomic E-state index is 6.04. The maximum Gasteiger partial charge on any atom is 0.0645 e. The van der Waals surface area contributed by atoms with E-state index in [0.29, 0.717) is 10.0 Å². The van der Waals surface area contributed by atoms with E-state index in [9.17, 15) is 0 Å². The molecule has 0 aromatic heterocycles. The molecule has 0 spiro atoms. The summed E-state index contributed by atoms with van der Waals surface area (Å²) in [5, 5.41) is 1.15. The molecule has 0 N–H and O–H groups in total. The Morgan fingerprint density at radius 2 is 1.56 bits per heavy atom. The Morgan fingerprint density at radius 3 is 2.17 bits per heavy atom. The van der Waals surface area contributed by atoms with Gasteiger partial charge in [-0.05, 0) is 41.8 Å². The van der Waals surface area contributed by atoms with Crippen LogP contribution in [0.2, 0.25) is 10.0 Å². The molecule has 0 radical (unpaired) electrons. The van der Waals surface area contributed by atoms with Gasteiger partial charge in [0.2, 0.25) is 0 Å². The van der Waals surface area contributed by atoms with Gasteiger partial charge in [0.1, 0.15) is 0 Å². The molecular formula is C14H10Br2Cl2. The monoisotopic (exact) mass is 406 g/mol. The molecule has 0 saturated heterocycles. The highest BCUT2D eigenvalue weighted by Gasteiger charge is 2.12. The minimum atomic E-state index is 0.110. The summed E-state index contributed by atoms with van der Waals surface area (Å²) in [7, 11) is 0. The molecule has 18 heavy (non-hydrogen) atoms. The van der Waals surface area contributed by atoms with E-state index in [1.54, 1.807) is 0 Å². The van der Waals surface area contributed by atoms with Crippen LogP contribution in [0.15, 0.2) is 40.9 Å². The van der Waals surface area contributed by atoms with Crippen molar-refractivity contribution in [3.05, 3.63) is 67.6 Å². The van der Waals surface area contributed by atoms with Crippen molar-refractivity contribution in [1.29, 1.82) is 0 Å². The summed E-state index contributed by atoms with van der Waals surface area (Å²) in [5.74, 6) is 0. The number of aryl methyl sites for hydroxylation is 1. The van der Waals surface area contributed by atoms with Crippen molar-refractivity contribution in [1.82, 2.24) is 0 Å². The minimum absolute atomic E-state index is 0.110. The van der Waals surface area contributed by atoms with E-state index in [2.05, 4.69) is 57.0 Å². The predicted octanol–water partition coefficient (Wildman–Crippen LogP) is 6.55. The van der Waals surface area contributed by atoms with Crippen LogP contribution in [0.25, 0.3) is 0 Å². The van der Waals surface area contributed by atoms with Gasteiger partial charge < -0.3 is 0 Å². The van der Waals surface area contributed by atoms with Gasteiger partial charge in [-0.15, -0.1) is 0 Å². The van der Waals surface area contributed by atoms with Crippen LogP contribution >= 0.6 is 55.1 Å². The van der Waals surface area contributed by atoms with Crippen LogP contribution in [0.5, 0.6) is 0 Å². The third-order valence-corrected chi connectivity index (χ3v) is 5.40. The van der Waals surface area contributed by atoms with Gasteiger partial charge in [0.25, 0.3) is 0 Å². The molecule has 0 saturated carbocycles. The number of rotatable bonds is 2. The van der Waals surface area contributed by atoms with Crippen LogP contribution < -0.4 is 0 Å². The van der Waals surface area contributed by atoms with Crippen molar-refractivity contribution in [2.75, 3.05) is 0 Å². The SMILES string of the molecule is Cc1cc(C(Br)c2ccc(Cl)c(Cl)c2)ccc1Br. The zero-order valence-corrected chi connectivity index (χ0v) is 14.2. The molecular weight excluding hydrogens is 399 g/mol. The first-order chi connectivity index (χ1) is 8.49. The standard InChI is InChI=1S/C14H10Br2Cl2/c1-8-6-9(2-4-11(8)15)14(16)10-3-5-12(17)13(18)7-10/h2-7,14H,1H3. The lowest BCUT2D eigenvalue weighted by molar-refractivity contribution is 1.16. The molecule has 0 aliphatic rings. The molecule has 0 aliphatic carbocycles. The third-order valence-electron chi connectivity index (χ3n) is 2.71. The first-order valence-corrected chi connectivity index (χ1v) is 7.80. The Bertz CT molecular complexity index is 531. The van der Waals surface area contributed by atoms with Gasteiger partial charge in [-0.25, -0.2) is 0 Å². The number of alkyl halides is 1. The molecule has 2 aromatic carbocycles. The number of benzene rings is 2. The maximum absolute atomic E-state index is 6.04. The van der Waals surface area contributed by atoms with E-state index in [-0.39, 0.29) is 4.83 Å². The highest BCUT2D eigenvalue weighted by molar-refractivity contribution is 9.10. The summed E-state index contributed by atoms with van der Waals surface area (Å²) in [6, 6.07) is 12.0. The molecule has 1 atom stereocenters. The Kier molecular flexibility index (Phi) is 4.76. The van der Waals surface area contributed by atoms with Gasteiger partial charge in [-0.1, -0.05) is 73.3 Å². The summed E-state index contributed by atoms with van der Waals surface area (Å²) in [6.45, 7) is 2.07. The van der Waals surface area contributed by atoms with Crippen LogP contribution in [-0.4, -0.2) is 0 Å². The second-order valence-corrected chi connectivity index (χ2v) is 6.63. The summed E-state index contributed by atoms with van der Waals surface area (Å²) in [5.41, 5.74) is 3.48. The first-order valence-electron chi connectivity index (χ1n) is 5.34. The van der Waals surface area contributed by atoms with Crippen molar-refractivity contribution in [3.63, 3.8) is 0 Å². The van der Waals surface area contributed by atoms with Crippen LogP contribution in [0, 0.1) is 6.92 Å². The molecule has 94 valence electrons. The highest BCUT2D eigenvalue weighted by atomic mass is 79.9. The number of hydrogen-bond acceptors (Lipinski definition) is 0. The van der Waals surface area contributed by atoms with Crippen molar-refractivity contribution in [3.8, 4) is 0 Å². The normalized spacial score (nSPS) is 12.5. The van der Waals surface area contributed by atoms with Crippen LogP contribution in [-0.2, 0) is 0 Å². The van der Waals surface area contributed by atoms with E-state index in [0.717, 1.165) is 10.0 Å². The predicted molar refractivity (Wildman–Crippen MR) is 86.1 cm³/mol. The molecule has 0 fully saturated rings. The molecule has 2 aromatic rings. The molecule has 4 heteroatoms. The lowest BCUT2D eigenvalue weighted by atomic mass is 10.0. The summed E-state index contributed by atoms with van der Waals surface area (Å²) < 4.78 is 1.11. The fourth-order valence-corrected chi connectivity index (χ4v) is 2.81. The summed E-state index contributed by atoms with van der Waals surface area (Å²) in [4.78, 5) is 0.110. The Hall–Kier alpha value is -0.0200. The lowest BCUT2D eigenvalue weighted by Gasteiger charge is -2.13. The van der Waals surface area contributed by atoms with Gasteiger partial charge in [0.15, 0.2) is 0 Å². The quantitative estimate of drug-likeness (QED) is 0.494. The van der Waals surface area contributed by atoms with Crippen LogP contribution in [0.1, 0.15) is 21.5 Å². The smallest absolute Gasteiger partial charge is 0.0645 e. The molecule has 0 amide bonds. The molecule has 0 nitrogen and oxygen atoms in total. The van der Waals surface area contributed by atoms with Crippen LogP contribution in [0.4, 0.5) is 0 Å². The van der Waals surface area contributed by atoms with Gasteiger partial charge in [-0.3, -0.25) is 0 Å². The Balaban J connectivity index is 2.37. The first kappa shape index (κ1) is 14.4. The van der Waals surface area contributed by atoms with Gasteiger partial charge in [-0.2, -0.15) is 0 Å². The van der Waals surface area contributed by atoms with Gasteiger partial charge in [0, 0.05) is 4.47 Å². The minimum Gasteiger partial charge on any atom is -0.0827 e. The second kappa shape index (κ2) is 5.96. The van der Waals surface area contributed by atoms with Crippen molar-refractivity contribution in [2.24, 2.45) is 0 Å². The highest BCUT2D eigenvalue weighted by Crippen LogP contribution is 2.35. The van der Waals surface area contributed by atoms with E-state index < -0.39 is 0 Å². The van der Waals surface area contributed by atoms with Crippen LogP contribution in [0.3, 0.4) is 0 Å². The summed E-state index contributed by atoms with van der Waals surface area (Å²) in [6.07, 6.45) is 0. The van der Waals surface area contributed by atoms with E-state index in [4.69, 9.17) is 23.2 Å². The second-order valence-electron chi connectivity index (χ2n) is 4.04. The average Bonchev–Trinajstić information content (AvgIpc) is 2.35. The van der Waals surface area contributed by atoms with Crippen molar-refractivity contribution in [2.45, 2.75) is 11.8 Å². The van der Waals surface area contributed by atoms with E-state index in [1.165, 1.54) is 11.1 Å². The third kappa shape index (κ3) is 3.11. The zero-order valence-electron chi connectivity index (χ0n) is 9.55. The largest absolute Gasteiger partial charge is 0.0827 e. The molecule has 0 bridgehead atoms. The van der Waals surface area contributed by atoms with Gasteiger partial charge >= 0.3 is 0 Å². The fraction of sp³-hybridized carbons (Fsp3) is 0.143. The zero-order chi connectivity index (χ0) is 13.3. The Morgan fingerprint density at radius 1 is 0.944 bits per heavy atom. The van der Waals surface area contributed by atoms with E-state index in [1.807, 2.05) is 18.2 Å². The lowest BCUT2D eigenvalue weighted by Crippen LogP contribution is -1.93. The molecule has 1 unspecified atom stereocenters. The number of hydrogen-bond donors (Lipinski definition) is 0. The topological polar surface area (TPSA) is 0 Å². The molecule has 2 rings (SSSR count).